The van der Waals surface area contributed by atoms with Crippen LogP contribution in [-0.4, -0.2) is 34.4 Å². The minimum absolute atomic E-state index is 0.0564. The van der Waals surface area contributed by atoms with Gasteiger partial charge in [-0.05, 0) is 52.0 Å². The third kappa shape index (κ3) is 4.82. The van der Waals surface area contributed by atoms with E-state index < -0.39 is 11.9 Å². The lowest BCUT2D eigenvalue weighted by atomic mass is 10.2. The van der Waals surface area contributed by atoms with E-state index in [1.54, 1.807) is 42.9 Å². The van der Waals surface area contributed by atoms with Crippen molar-refractivity contribution in [3.63, 3.8) is 0 Å². The first-order valence-corrected chi connectivity index (χ1v) is 8.01. The van der Waals surface area contributed by atoms with Gasteiger partial charge in [0.1, 0.15) is 5.75 Å². The lowest BCUT2D eigenvalue weighted by Gasteiger charge is -2.10. The van der Waals surface area contributed by atoms with Crippen LogP contribution in [0.2, 0.25) is 0 Å². The van der Waals surface area contributed by atoms with Gasteiger partial charge in [-0.15, -0.1) is 0 Å². The van der Waals surface area contributed by atoms with Crippen molar-refractivity contribution in [3.05, 3.63) is 41.2 Å². The minimum Gasteiger partial charge on any atom is -0.491 e. The number of aryl methyl sites for hydroxylation is 2. The molecule has 0 unspecified atom stereocenters. The normalized spacial score (nSPS) is 10.6. The molecule has 0 atom stereocenters. The van der Waals surface area contributed by atoms with Crippen molar-refractivity contribution in [1.82, 2.24) is 9.78 Å². The Hall–Kier alpha value is -2.83. The largest absolute Gasteiger partial charge is 0.491 e. The van der Waals surface area contributed by atoms with Crippen molar-refractivity contribution in [2.75, 3.05) is 11.9 Å². The summed E-state index contributed by atoms with van der Waals surface area (Å²) in [6.07, 6.45) is 0.0564. The number of nitrogens with one attached hydrogen (secondary N) is 1. The number of carbonyl (C=O) groups is 2. The maximum Gasteiger partial charge on any atom is 0.338 e. The smallest absolute Gasteiger partial charge is 0.338 e. The van der Waals surface area contributed by atoms with Crippen LogP contribution >= 0.6 is 0 Å². The number of amides is 1. The van der Waals surface area contributed by atoms with Crippen molar-refractivity contribution in [2.45, 2.75) is 33.8 Å². The standard InChI is InChI=1S/C18H23N3O4/c1-11(2)25-15-8-6-14(7-9-15)18(23)24-10-16(22)19-17-12(3)20-21(5)13(17)4/h6-9,11H,10H2,1-5H3,(H,19,22). The van der Waals surface area contributed by atoms with Gasteiger partial charge in [0.15, 0.2) is 6.61 Å². The Labute approximate surface area is 146 Å². The lowest BCUT2D eigenvalue weighted by Crippen LogP contribution is -2.21. The molecule has 2 aromatic rings. The van der Waals surface area contributed by atoms with E-state index in [0.29, 0.717) is 22.7 Å². The van der Waals surface area contributed by atoms with Crippen LogP contribution in [0.3, 0.4) is 0 Å². The number of nitrogens with zero attached hydrogens (tertiary/aromatic N) is 2. The number of carbonyl (C=O) groups excluding carboxylic acids is 2. The number of aromatic nitrogens is 2. The molecule has 1 N–H and O–H groups in total. The zero-order valence-electron chi connectivity index (χ0n) is 15.1. The van der Waals surface area contributed by atoms with E-state index in [0.717, 1.165) is 5.69 Å². The van der Waals surface area contributed by atoms with Gasteiger partial charge in [0.25, 0.3) is 5.91 Å². The van der Waals surface area contributed by atoms with Crippen molar-refractivity contribution >= 4 is 17.6 Å². The predicted octanol–water partition coefficient (Wildman–Crippen LogP) is 2.62. The van der Waals surface area contributed by atoms with Crippen LogP contribution < -0.4 is 10.1 Å². The first-order valence-electron chi connectivity index (χ1n) is 8.01. The fourth-order valence-corrected chi connectivity index (χ4v) is 2.29. The first-order chi connectivity index (χ1) is 11.8. The molecule has 1 aromatic heterocycles. The predicted molar refractivity (Wildman–Crippen MR) is 93.8 cm³/mol. The summed E-state index contributed by atoms with van der Waals surface area (Å²) in [4.78, 5) is 24.0. The van der Waals surface area contributed by atoms with E-state index in [9.17, 15) is 9.59 Å². The van der Waals surface area contributed by atoms with Gasteiger partial charge in [-0.1, -0.05) is 0 Å². The molecule has 7 nitrogen and oxygen atoms in total. The van der Waals surface area contributed by atoms with Crippen molar-refractivity contribution in [2.24, 2.45) is 7.05 Å². The molecule has 7 heteroatoms. The van der Waals surface area contributed by atoms with Gasteiger partial charge in [0.05, 0.1) is 28.7 Å². The first kappa shape index (κ1) is 18.5. The molecule has 0 spiro atoms. The Kier molecular flexibility index (Phi) is 5.80. The van der Waals surface area contributed by atoms with E-state index in [1.165, 1.54) is 0 Å². The van der Waals surface area contributed by atoms with Gasteiger partial charge in [0.2, 0.25) is 0 Å². The number of rotatable bonds is 6. The fourth-order valence-electron chi connectivity index (χ4n) is 2.29. The fraction of sp³-hybridized carbons (Fsp3) is 0.389. The molecule has 0 aliphatic rings. The van der Waals surface area contributed by atoms with Crippen LogP contribution in [0.4, 0.5) is 5.69 Å². The topological polar surface area (TPSA) is 82.5 Å². The van der Waals surface area contributed by atoms with Crippen LogP contribution in [0.25, 0.3) is 0 Å². The molecular weight excluding hydrogens is 322 g/mol. The highest BCUT2D eigenvalue weighted by Gasteiger charge is 2.15. The Bertz CT molecular complexity index is 763. The van der Waals surface area contributed by atoms with Crippen LogP contribution in [-0.2, 0) is 16.6 Å². The van der Waals surface area contributed by atoms with Crippen LogP contribution in [0, 0.1) is 13.8 Å². The summed E-state index contributed by atoms with van der Waals surface area (Å²) in [6.45, 7) is 7.13. The molecule has 0 radical (unpaired) electrons. The number of anilines is 1. The minimum atomic E-state index is -0.564. The summed E-state index contributed by atoms with van der Waals surface area (Å²) in [7, 11) is 1.80. The Morgan fingerprint density at radius 1 is 1.20 bits per heavy atom. The zero-order chi connectivity index (χ0) is 18.6. The average molecular weight is 345 g/mol. The SMILES string of the molecule is Cc1nn(C)c(C)c1NC(=O)COC(=O)c1ccc(OC(C)C)cc1. The molecule has 0 aliphatic heterocycles. The summed E-state index contributed by atoms with van der Waals surface area (Å²) in [5, 5.41) is 6.93. The molecule has 0 bridgehead atoms. The molecule has 1 aromatic carbocycles. The third-order valence-corrected chi connectivity index (χ3v) is 3.57. The summed E-state index contributed by atoms with van der Waals surface area (Å²) < 4.78 is 12.2. The van der Waals surface area contributed by atoms with E-state index in [2.05, 4.69) is 10.4 Å². The molecule has 2 rings (SSSR count). The van der Waals surface area contributed by atoms with E-state index in [1.807, 2.05) is 20.8 Å². The molecule has 0 fully saturated rings. The maximum atomic E-state index is 12.0. The second kappa shape index (κ2) is 7.83. The Morgan fingerprint density at radius 2 is 1.84 bits per heavy atom. The number of ether oxygens (including phenoxy) is 2. The van der Waals surface area contributed by atoms with Gasteiger partial charge in [-0.3, -0.25) is 9.48 Å². The lowest BCUT2D eigenvalue weighted by molar-refractivity contribution is -0.119. The van der Waals surface area contributed by atoms with Gasteiger partial charge < -0.3 is 14.8 Å². The zero-order valence-corrected chi connectivity index (χ0v) is 15.1. The number of hydrogen-bond acceptors (Lipinski definition) is 5. The quantitative estimate of drug-likeness (QED) is 0.814. The van der Waals surface area contributed by atoms with Gasteiger partial charge in [-0.2, -0.15) is 5.10 Å². The van der Waals surface area contributed by atoms with Gasteiger partial charge in [0, 0.05) is 7.05 Å². The van der Waals surface area contributed by atoms with E-state index >= 15 is 0 Å². The van der Waals surface area contributed by atoms with Gasteiger partial charge >= 0.3 is 5.97 Å². The molecule has 0 saturated carbocycles. The highest BCUT2D eigenvalue weighted by molar-refractivity contribution is 5.96. The van der Waals surface area contributed by atoms with E-state index in [4.69, 9.17) is 9.47 Å². The molecule has 0 aliphatic carbocycles. The molecule has 1 heterocycles. The van der Waals surface area contributed by atoms with Crippen LogP contribution in [0.15, 0.2) is 24.3 Å². The second-order valence-corrected chi connectivity index (χ2v) is 5.98. The van der Waals surface area contributed by atoms with Crippen LogP contribution in [0.5, 0.6) is 5.75 Å². The third-order valence-electron chi connectivity index (χ3n) is 3.57. The van der Waals surface area contributed by atoms with Crippen molar-refractivity contribution in [1.29, 1.82) is 0 Å². The summed E-state index contributed by atoms with van der Waals surface area (Å²) in [5.41, 5.74) is 2.54. The highest BCUT2D eigenvalue weighted by atomic mass is 16.5. The van der Waals surface area contributed by atoms with Crippen molar-refractivity contribution < 1.29 is 19.1 Å². The molecule has 0 saturated heterocycles. The molecule has 134 valence electrons. The highest BCUT2D eigenvalue weighted by Crippen LogP contribution is 2.18. The summed E-state index contributed by atoms with van der Waals surface area (Å²) >= 11 is 0. The molecular formula is C18H23N3O4. The Morgan fingerprint density at radius 3 is 2.36 bits per heavy atom. The maximum absolute atomic E-state index is 12.0. The number of hydrogen-bond donors (Lipinski definition) is 1. The van der Waals surface area contributed by atoms with Crippen LogP contribution in [0.1, 0.15) is 35.6 Å². The summed E-state index contributed by atoms with van der Waals surface area (Å²) in [6, 6.07) is 6.60. The average Bonchev–Trinajstić information content (AvgIpc) is 2.79. The summed E-state index contributed by atoms with van der Waals surface area (Å²) in [5.74, 6) is -0.301. The molecule has 25 heavy (non-hydrogen) atoms. The van der Waals surface area contributed by atoms with E-state index in [-0.39, 0.29) is 12.7 Å². The van der Waals surface area contributed by atoms with Gasteiger partial charge in [-0.25, -0.2) is 4.79 Å². The monoisotopic (exact) mass is 345 g/mol. The second-order valence-electron chi connectivity index (χ2n) is 5.98. The Balaban J connectivity index is 1.89. The number of esters is 1. The number of benzene rings is 1. The molecule has 1 amide bonds. The van der Waals surface area contributed by atoms with Crippen molar-refractivity contribution in [3.8, 4) is 5.75 Å².